The second kappa shape index (κ2) is 5.26. The molecule has 0 radical (unpaired) electrons. The highest BCUT2D eigenvalue weighted by Gasteiger charge is 2.33. The molecule has 1 nitrogen and oxygen atoms in total. The Bertz CT molecular complexity index is 592. The zero-order chi connectivity index (χ0) is 14.2. The molecule has 6 heteroatoms. The van der Waals surface area contributed by atoms with E-state index in [0.29, 0.717) is 5.56 Å². The summed E-state index contributed by atoms with van der Waals surface area (Å²) in [5.41, 5.74) is 6.60. The maximum atomic E-state index is 12.8. The molecule has 1 unspecified atom stereocenters. The van der Waals surface area contributed by atoms with Gasteiger partial charge >= 0.3 is 6.18 Å². The fraction of sp³-hybridized carbons (Fsp3) is 0.231. The summed E-state index contributed by atoms with van der Waals surface area (Å²) in [4.78, 5) is 1.08. The first-order valence-electron chi connectivity index (χ1n) is 5.46. The highest BCUT2D eigenvalue weighted by atomic mass is 79.9. The van der Waals surface area contributed by atoms with Gasteiger partial charge in [0, 0.05) is 9.35 Å². The molecule has 0 aliphatic carbocycles. The van der Waals surface area contributed by atoms with E-state index in [-0.39, 0.29) is 4.47 Å². The first-order valence-corrected chi connectivity index (χ1v) is 7.13. The molecule has 2 rings (SSSR count). The van der Waals surface area contributed by atoms with Gasteiger partial charge in [0.2, 0.25) is 0 Å². The van der Waals surface area contributed by atoms with E-state index in [1.54, 1.807) is 6.07 Å². The van der Waals surface area contributed by atoms with Crippen molar-refractivity contribution in [1.82, 2.24) is 0 Å². The molecule has 1 aromatic carbocycles. The number of thiophene rings is 1. The topological polar surface area (TPSA) is 26.0 Å². The van der Waals surface area contributed by atoms with Gasteiger partial charge in [0.05, 0.1) is 11.6 Å². The number of hydrogen-bond donors (Lipinski definition) is 1. The zero-order valence-electron chi connectivity index (χ0n) is 9.96. The standard InChI is InChI=1S/C13H11BrF3NS/c1-7-4-9(6-19-7)12(18)8-2-3-11(14)10(5-8)13(15,16)17/h2-6,12H,18H2,1H3. The molecule has 102 valence electrons. The number of alkyl halides is 3. The Labute approximate surface area is 121 Å². The molecular formula is C13H11BrF3NS. The minimum absolute atomic E-state index is 0.0254. The van der Waals surface area contributed by atoms with E-state index in [4.69, 9.17) is 5.73 Å². The lowest BCUT2D eigenvalue weighted by Crippen LogP contribution is -2.13. The fourth-order valence-electron chi connectivity index (χ4n) is 1.77. The average molecular weight is 350 g/mol. The van der Waals surface area contributed by atoms with Gasteiger partial charge in [-0.2, -0.15) is 13.2 Å². The maximum absolute atomic E-state index is 12.8. The largest absolute Gasteiger partial charge is 0.417 e. The molecule has 2 aromatic rings. The van der Waals surface area contributed by atoms with Crippen LogP contribution >= 0.6 is 27.3 Å². The molecule has 0 saturated carbocycles. The van der Waals surface area contributed by atoms with Crippen molar-refractivity contribution >= 4 is 27.3 Å². The van der Waals surface area contributed by atoms with Crippen molar-refractivity contribution in [3.05, 3.63) is 55.7 Å². The summed E-state index contributed by atoms with van der Waals surface area (Å²) < 4.78 is 38.5. The van der Waals surface area contributed by atoms with Crippen LogP contribution in [0.15, 0.2) is 34.1 Å². The lowest BCUT2D eigenvalue weighted by Gasteiger charge is -2.15. The van der Waals surface area contributed by atoms with E-state index in [9.17, 15) is 13.2 Å². The van der Waals surface area contributed by atoms with E-state index in [2.05, 4.69) is 15.9 Å². The van der Waals surface area contributed by atoms with E-state index >= 15 is 0 Å². The summed E-state index contributed by atoms with van der Waals surface area (Å²) in [6.07, 6.45) is -4.39. The molecule has 0 amide bonds. The Kier molecular flexibility index (Phi) is 4.03. The van der Waals surface area contributed by atoms with Crippen LogP contribution in [0.4, 0.5) is 13.2 Å². The molecule has 1 atom stereocenters. The second-order valence-corrected chi connectivity index (χ2v) is 6.18. The smallest absolute Gasteiger partial charge is 0.320 e. The van der Waals surface area contributed by atoms with E-state index in [1.165, 1.54) is 17.4 Å². The second-order valence-electron chi connectivity index (χ2n) is 4.21. The molecule has 0 spiro atoms. The van der Waals surface area contributed by atoms with Crippen molar-refractivity contribution in [3.8, 4) is 0 Å². The summed E-state index contributed by atoms with van der Waals surface area (Å²) in [5.74, 6) is 0. The van der Waals surface area contributed by atoms with Crippen LogP contribution in [0.5, 0.6) is 0 Å². The molecule has 0 aliphatic heterocycles. The average Bonchev–Trinajstić information content (AvgIpc) is 2.74. The molecule has 1 aromatic heterocycles. The molecule has 0 aliphatic rings. The van der Waals surface area contributed by atoms with E-state index < -0.39 is 17.8 Å². The van der Waals surface area contributed by atoms with Gasteiger partial charge in [-0.05, 0) is 41.6 Å². The van der Waals surface area contributed by atoms with Crippen LogP contribution in [-0.4, -0.2) is 0 Å². The van der Waals surface area contributed by atoms with Crippen LogP contribution in [0.25, 0.3) is 0 Å². The molecule has 2 N–H and O–H groups in total. The lowest BCUT2D eigenvalue weighted by atomic mass is 10.00. The first kappa shape index (κ1) is 14.6. The van der Waals surface area contributed by atoms with Gasteiger partial charge in [-0.25, -0.2) is 0 Å². The van der Waals surface area contributed by atoms with Gasteiger partial charge in [0.25, 0.3) is 0 Å². The minimum atomic E-state index is -4.39. The Morgan fingerprint density at radius 1 is 1.21 bits per heavy atom. The first-order chi connectivity index (χ1) is 8.79. The Morgan fingerprint density at radius 3 is 2.42 bits per heavy atom. The summed E-state index contributed by atoms with van der Waals surface area (Å²) >= 11 is 4.45. The number of hydrogen-bond acceptors (Lipinski definition) is 2. The number of rotatable bonds is 2. The maximum Gasteiger partial charge on any atom is 0.417 e. The number of aryl methyl sites for hydroxylation is 1. The van der Waals surface area contributed by atoms with E-state index in [0.717, 1.165) is 16.5 Å². The van der Waals surface area contributed by atoms with Gasteiger partial charge in [-0.15, -0.1) is 11.3 Å². The predicted octanol–water partition coefficient (Wildman–Crippen LogP) is 4.89. The Hall–Kier alpha value is -0.850. The zero-order valence-corrected chi connectivity index (χ0v) is 12.4. The minimum Gasteiger partial charge on any atom is -0.320 e. The summed E-state index contributed by atoms with van der Waals surface area (Å²) in [5, 5.41) is 1.87. The third-order valence-electron chi connectivity index (χ3n) is 2.76. The van der Waals surface area contributed by atoms with Crippen molar-refractivity contribution < 1.29 is 13.2 Å². The number of benzene rings is 1. The molecule has 0 bridgehead atoms. The van der Waals surface area contributed by atoms with Gasteiger partial charge in [-0.1, -0.05) is 22.0 Å². The third-order valence-corrected chi connectivity index (χ3v) is 4.34. The van der Waals surface area contributed by atoms with Gasteiger partial charge in [0.15, 0.2) is 0 Å². The van der Waals surface area contributed by atoms with Crippen LogP contribution in [0.2, 0.25) is 0 Å². The summed E-state index contributed by atoms with van der Waals surface area (Å²) in [6, 6.07) is 5.44. The Balaban J connectivity index is 2.41. The summed E-state index contributed by atoms with van der Waals surface area (Å²) in [6.45, 7) is 1.93. The quantitative estimate of drug-likeness (QED) is 0.820. The molecule has 19 heavy (non-hydrogen) atoms. The van der Waals surface area contributed by atoms with Crippen molar-refractivity contribution in [2.45, 2.75) is 19.1 Å². The van der Waals surface area contributed by atoms with Crippen molar-refractivity contribution in [2.75, 3.05) is 0 Å². The monoisotopic (exact) mass is 349 g/mol. The van der Waals surface area contributed by atoms with Crippen LogP contribution in [-0.2, 0) is 6.18 Å². The molecular weight excluding hydrogens is 339 g/mol. The van der Waals surface area contributed by atoms with Crippen molar-refractivity contribution in [2.24, 2.45) is 5.73 Å². The highest BCUT2D eigenvalue weighted by Crippen LogP contribution is 2.37. The van der Waals surface area contributed by atoms with Gasteiger partial charge < -0.3 is 5.73 Å². The van der Waals surface area contributed by atoms with Crippen LogP contribution in [0, 0.1) is 6.92 Å². The molecule has 1 heterocycles. The Morgan fingerprint density at radius 2 is 1.89 bits per heavy atom. The predicted molar refractivity (Wildman–Crippen MR) is 74.2 cm³/mol. The van der Waals surface area contributed by atoms with Crippen LogP contribution in [0.3, 0.4) is 0 Å². The van der Waals surface area contributed by atoms with Crippen molar-refractivity contribution in [1.29, 1.82) is 0 Å². The van der Waals surface area contributed by atoms with Crippen LogP contribution < -0.4 is 5.73 Å². The van der Waals surface area contributed by atoms with Crippen LogP contribution in [0.1, 0.15) is 27.6 Å². The lowest BCUT2D eigenvalue weighted by molar-refractivity contribution is -0.138. The highest BCUT2D eigenvalue weighted by molar-refractivity contribution is 9.10. The fourth-order valence-corrected chi connectivity index (χ4v) is 2.99. The SMILES string of the molecule is Cc1cc(C(N)c2ccc(Br)c(C(F)(F)F)c2)cs1. The third kappa shape index (κ3) is 3.19. The number of nitrogens with two attached hydrogens (primary N) is 1. The van der Waals surface area contributed by atoms with Gasteiger partial charge in [-0.3, -0.25) is 0 Å². The summed E-state index contributed by atoms with van der Waals surface area (Å²) in [7, 11) is 0. The number of halogens is 4. The molecule has 0 fully saturated rings. The van der Waals surface area contributed by atoms with Gasteiger partial charge in [0.1, 0.15) is 0 Å². The molecule has 0 saturated heterocycles. The van der Waals surface area contributed by atoms with E-state index in [1.807, 2.05) is 18.4 Å². The van der Waals surface area contributed by atoms with Crippen molar-refractivity contribution in [3.63, 3.8) is 0 Å². The normalized spacial score (nSPS) is 13.6.